The highest BCUT2D eigenvalue weighted by Gasteiger charge is 2.35. The van der Waals surface area contributed by atoms with Crippen molar-refractivity contribution >= 4 is 22.5 Å². The first kappa shape index (κ1) is 14.1. The minimum Gasteiger partial charge on any atom is -0.466 e. The Labute approximate surface area is 127 Å². The third-order valence-corrected chi connectivity index (χ3v) is 4.23. The van der Waals surface area contributed by atoms with E-state index < -0.39 is 0 Å². The first-order chi connectivity index (χ1) is 9.93. The second-order valence-electron chi connectivity index (χ2n) is 6.18. The Morgan fingerprint density at radius 1 is 1.52 bits per heavy atom. The van der Waals surface area contributed by atoms with Crippen molar-refractivity contribution in [2.75, 3.05) is 5.32 Å². The molecule has 2 aromatic rings. The standard InChI is InChI=1S/C14H18N4O2S/c1-8-4-9-10(5-14(2,3)6-11(9)20-8)16-12(19)17-13-18-15-7-21-13/h4,7,10H,5-6H2,1-3H3,(H2,16,17,18,19). The van der Waals surface area contributed by atoms with Crippen molar-refractivity contribution in [1.29, 1.82) is 0 Å². The number of fused-ring (bicyclic) bond motifs is 1. The molecule has 1 aliphatic rings. The molecule has 2 heterocycles. The average molecular weight is 306 g/mol. The smallest absolute Gasteiger partial charge is 0.321 e. The summed E-state index contributed by atoms with van der Waals surface area (Å²) >= 11 is 1.29. The number of furan rings is 1. The normalized spacial score (nSPS) is 19.9. The van der Waals surface area contributed by atoms with E-state index in [0.29, 0.717) is 5.13 Å². The number of hydrogen-bond donors (Lipinski definition) is 2. The van der Waals surface area contributed by atoms with Crippen LogP contribution in [0.4, 0.5) is 9.93 Å². The summed E-state index contributed by atoms with van der Waals surface area (Å²) in [6.07, 6.45) is 1.77. The predicted octanol–water partition coefficient (Wildman–Crippen LogP) is 3.27. The number of aryl methyl sites for hydroxylation is 1. The van der Waals surface area contributed by atoms with E-state index in [-0.39, 0.29) is 17.5 Å². The molecule has 1 atom stereocenters. The number of amides is 2. The van der Waals surface area contributed by atoms with Gasteiger partial charge in [0.1, 0.15) is 17.0 Å². The highest BCUT2D eigenvalue weighted by atomic mass is 32.1. The van der Waals surface area contributed by atoms with Gasteiger partial charge in [0.2, 0.25) is 5.13 Å². The number of nitrogens with zero attached hydrogens (tertiary/aromatic N) is 2. The SMILES string of the molecule is Cc1cc2c(o1)CC(C)(C)CC2NC(=O)Nc1nncs1. The lowest BCUT2D eigenvalue weighted by molar-refractivity contribution is 0.222. The van der Waals surface area contributed by atoms with E-state index in [1.807, 2.05) is 13.0 Å². The molecule has 2 aromatic heterocycles. The number of rotatable bonds is 2. The van der Waals surface area contributed by atoms with Crippen LogP contribution < -0.4 is 10.6 Å². The predicted molar refractivity (Wildman–Crippen MR) is 80.4 cm³/mol. The average Bonchev–Trinajstić information content (AvgIpc) is 2.96. The van der Waals surface area contributed by atoms with Gasteiger partial charge < -0.3 is 9.73 Å². The molecule has 112 valence electrons. The number of hydrogen-bond acceptors (Lipinski definition) is 5. The molecule has 2 N–H and O–H groups in total. The number of aromatic nitrogens is 2. The zero-order chi connectivity index (χ0) is 15.0. The maximum Gasteiger partial charge on any atom is 0.321 e. The second-order valence-corrected chi connectivity index (χ2v) is 7.01. The highest BCUT2D eigenvalue weighted by Crippen LogP contribution is 2.41. The summed E-state index contributed by atoms with van der Waals surface area (Å²) in [5, 5.41) is 13.7. The van der Waals surface area contributed by atoms with Gasteiger partial charge in [-0.3, -0.25) is 5.32 Å². The second kappa shape index (κ2) is 5.14. The lowest BCUT2D eigenvalue weighted by Crippen LogP contribution is -2.38. The van der Waals surface area contributed by atoms with E-state index in [2.05, 4.69) is 34.7 Å². The molecular weight excluding hydrogens is 288 g/mol. The van der Waals surface area contributed by atoms with Crippen LogP contribution in [0.15, 0.2) is 16.0 Å². The maximum absolute atomic E-state index is 12.1. The Kier molecular flexibility index (Phi) is 3.44. The van der Waals surface area contributed by atoms with E-state index in [1.165, 1.54) is 11.3 Å². The quantitative estimate of drug-likeness (QED) is 0.892. The van der Waals surface area contributed by atoms with Crippen molar-refractivity contribution in [3.05, 3.63) is 28.7 Å². The zero-order valence-corrected chi connectivity index (χ0v) is 13.1. The Balaban J connectivity index is 1.76. The topological polar surface area (TPSA) is 80.0 Å². The minimum absolute atomic E-state index is 0.0471. The first-order valence-electron chi connectivity index (χ1n) is 6.86. The van der Waals surface area contributed by atoms with E-state index in [4.69, 9.17) is 4.42 Å². The minimum atomic E-state index is -0.265. The molecule has 1 unspecified atom stereocenters. The highest BCUT2D eigenvalue weighted by molar-refractivity contribution is 7.13. The summed E-state index contributed by atoms with van der Waals surface area (Å²) in [5.41, 5.74) is 2.76. The molecule has 0 bridgehead atoms. The summed E-state index contributed by atoms with van der Waals surface area (Å²) in [7, 11) is 0. The molecule has 21 heavy (non-hydrogen) atoms. The molecule has 0 saturated heterocycles. The summed E-state index contributed by atoms with van der Waals surface area (Å²) in [6.45, 7) is 6.31. The van der Waals surface area contributed by atoms with Crippen molar-refractivity contribution in [2.45, 2.75) is 39.7 Å². The van der Waals surface area contributed by atoms with Gasteiger partial charge in [-0.05, 0) is 24.8 Å². The van der Waals surface area contributed by atoms with Crippen LogP contribution in [0.2, 0.25) is 0 Å². The van der Waals surface area contributed by atoms with Crippen LogP contribution in [0, 0.1) is 12.3 Å². The van der Waals surface area contributed by atoms with Gasteiger partial charge in [-0.15, -0.1) is 10.2 Å². The molecule has 0 spiro atoms. The van der Waals surface area contributed by atoms with Gasteiger partial charge in [0.05, 0.1) is 6.04 Å². The number of urea groups is 1. The lowest BCUT2D eigenvalue weighted by atomic mass is 9.75. The van der Waals surface area contributed by atoms with Crippen LogP contribution in [0.3, 0.4) is 0 Å². The third kappa shape index (κ3) is 3.07. The van der Waals surface area contributed by atoms with E-state index in [1.54, 1.807) is 5.51 Å². The fourth-order valence-electron chi connectivity index (χ4n) is 2.83. The van der Waals surface area contributed by atoms with Gasteiger partial charge in [-0.2, -0.15) is 0 Å². The van der Waals surface area contributed by atoms with Crippen LogP contribution in [0.25, 0.3) is 0 Å². The molecule has 0 radical (unpaired) electrons. The summed E-state index contributed by atoms with van der Waals surface area (Å²) < 4.78 is 5.77. The number of carbonyl (C=O) groups is 1. The third-order valence-electron chi connectivity index (χ3n) is 3.62. The van der Waals surface area contributed by atoms with Crippen LogP contribution in [-0.2, 0) is 6.42 Å². The Morgan fingerprint density at radius 3 is 3.05 bits per heavy atom. The first-order valence-corrected chi connectivity index (χ1v) is 7.74. The van der Waals surface area contributed by atoms with Gasteiger partial charge in [0.15, 0.2) is 0 Å². The van der Waals surface area contributed by atoms with Crippen molar-refractivity contribution in [3.8, 4) is 0 Å². The number of anilines is 1. The van der Waals surface area contributed by atoms with Gasteiger partial charge in [0.25, 0.3) is 0 Å². The van der Waals surface area contributed by atoms with Gasteiger partial charge >= 0.3 is 6.03 Å². The number of carbonyl (C=O) groups excluding carboxylic acids is 1. The molecule has 6 nitrogen and oxygen atoms in total. The van der Waals surface area contributed by atoms with Crippen molar-refractivity contribution in [3.63, 3.8) is 0 Å². The summed E-state index contributed by atoms with van der Waals surface area (Å²) in [4.78, 5) is 12.1. The molecular formula is C14H18N4O2S. The van der Waals surface area contributed by atoms with Gasteiger partial charge in [-0.25, -0.2) is 4.79 Å². The summed E-state index contributed by atoms with van der Waals surface area (Å²) in [5.74, 6) is 1.86. The zero-order valence-electron chi connectivity index (χ0n) is 12.3. The van der Waals surface area contributed by atoms with Gasteiger partial charge in [0, 0.05) is 12.0 Å². The monoisotopic (exact) mass is 306 g/mol. The van der Waals surface area contributed by atoms with Gasteiger partial charge in [-0.1, -0.05) is 25.2 Å². The number of nitrogens with one attached hydrogen (secondary N) is 2. The van der Waals surface area contributed by atoms with E-state index in [0.717, 1.165) is 29.9 Å². The Bertz CT molecular complexity index is 648. The molecule has 0 saturated carbocycles. The molecule has 1 aliphatic carbocycles. The van der Waals surface area contributed by atoms with E-state index >= 15 is 0 Å². The Hall–Kier alpha value is -1.89. The molecule has 0 fully saturated rings. The van der Waals surface area contributed by atoms with Crippen LogP contribution >= 0.6 is 11.3 Å². The molecule has 2 amide bonds. The van der Waals surface area contributed by atoms with Crippen molar-refractivity contribution < 1.29 is 9.21 Å². The fourth-order valence-corrected chi connectivity index (χ4v) is 3.27. The fraction of sp³-hybridized carbons (Fsp3) is 0.500. The van der Waals surface area contributed by atoms with Crippen molar-refractivity contribution in [2.24, 2.45) is 5.41 Å². The summed E-state index contributed by atoms with van der Waals surface area (Å²) in [6, 6.07) is 1.70. The van der Waals surface area contributed by atoms with Crippen LogP contribution in [0.5, 0.6) is 0 Å². The van der Waals surface area contributed by atoms with Crippen LogP contribution in [0.1, 0.15) is 43.4 Å². The lowest BCUT2D eigenvalue weighted by Gasteiger charge is -2.34. The molecule has 0 aliphatic heterocycles. The Morgan fingerprint density at radius 2 is 2.33 bits per heavy atom. The van der Waals surface area contributed by atoms with Crippen LogP contribution in [-0.4, -0.2) is 16.2 Å². The maximum atomic E-state index is 12.1. The molecule has 3 rings (SSSR count). The van der Waals surface area contributed by atoms with E-state index in [9.17, 15) is 4.79 Å². The van der Waals surface area contributed by atoms with Crippen molar-refractivity contribution in [1.82, 2.24) is 15.5 Å². The molecule has 0 aromatic carbocycles. The molecule has 7 heteroatoms. The largest absolute Gasteiger partial charge is 0.466 e.